The summed E-state index contributed by atoms with van der Waals surface area (Å²) in [5.41, 5.74) is 5.21. The second-order valence-corrected chi connectivity index (χ2v) is 11.6. The Morgan fingerprint density at radius 2 is 1.60 bits per heavy atom. The standard InChI is InChI=1S/C32H31BrN6O3/c1-32(2,3)42-31(41)34-18-16-21-4-6-23(7-5-21)29(40)36-25-12-14-26(15-13-25)37-30-38-28(20-27-17-19-35-39(27)30)22-8-10-24(33)11-9-22/h4-15,17,19-20H,16,18H2,1-3H3,(H,34,41)(H,36,40)(H,37,38). The van der Waals surface area contributed by atoms with Gasteiger partial charge < -0.3 is 20.7 Å². The molecule has 0 saturated heterocycles. The number of benzene rings is 3. The molecule has 2 aromatic heterocycles. The molecule has 0 spiro atoms. The molecule has 0 aliphatic carbocycles. The summed E-state index contributed by atoms with van der Waals surface area (Å²) < 4.78 is 7.99. The Hall–Kier alpha value is -4.70. The zero-order valence-electron chi connectivity index (χ0n) is 23.5. The molecule has 214 valence electrons. The van der Waals surface area contributed by atoms with E-state index in [1.165, 1.54) is 0 Å². The highest BCUT2D eigenvalue weighted by molar-refractivity contribution is 9.10. The number of nitrogens with one attached hydrogen (secondary N) is 3. The van der Waals surface area contributed by atoms with Gasteiger partial charge in [0.15, 0.2) is 0 Å². The lowest BCUT2D eigenvalue weighted by molar-refractivity contribution is 0.0528. The fourth-order valence-electron chi connectivity index (χ4n) is 4.20. The largest absolute Gasteiger partial charge is 0.444 e. The van der Waals surface area contributed by atoms with E-state index in [9.17, 15) is 9.59 Å². The number of hydrogen-bond acceptors (Lipinski definition) is 6. The van der Waals surface area contributed by atoms with E-state index in [1.807, 2.05) is 93.6 Å². The van der Waals surface area contributed by atoms with Crippen LogP contribution < -0.4 is 16.0 Å². The van der Waals surface area contributed by atoms with Crippen LogP contribution in [0, 0.1) is 0 Å². The zero-order chi connectivity index (χ0) is 29.7. The molecule has 0 aliphatic heterocycles. The van der Waals surface area contributed by atoms with Crippen molar-refractivity contribution >= 4 is 50.8 Å². The van der Waals surface area contributed by atoms with Crippen LogP contribution in [-0.4, -0.2) is 38.7 Å². The second kappa shape index (κ2) is 12.4. The molecule has 9 nitrogen and oxygen atoms in total. The molecular formula is C32H31BrN6O3. The average Bonchev–Trinajstić information content (AvgIpc) is 3.43. The van der Waals surface area contributed by atoms with E-state index < -0.39 is 11.7 Å². The van der Waals surface area contributed by atoms with E-state index in [0.29, 0.717) is 30.2 Å². The van der Waals surface area contributed by atoms with Crippen molar-refractivity contribution in [3.05, 3.63) is 107 Å². The number of amides is 2. The van der Waals surface area contributed by atoms with E-state index >= 15 is 0 Å². The Bertz CT molecular complexity index is 1690. The van der Waals surface area contributed by atoms with Crippen LogP contribution in [0.15, 0.2) is 95.6 Å². The van der Waals surface area contributed by atoms with Gasteiger partial charge in [-0.25, -0.2) is 14.3 Å². The third-order valence-electron chi connectivity index (χ3n) is 6.22. The first-order valence-electron chi connectivity index (χ1n) is 13.5. The number of carbonyl (C=O) groups excluding carboxylic acids is 2. The van der Waals surface area contributed by atoms with Crippen LogP contribution in [0.1, 0.15) is 36.7 Å². The van der Waals surface area contributed by atoms with Crippen LogP contribution >= 0.6 is 15.9 Å². The minimum absolute atomic E-state index is 0.212. The topological polar surface area (TPSA) is 110 Å². The quantitative estimate of drug-likeness (QED) is 0.168. The van der Waals surface area contributed by atoms with Gasteiger partial charge in [0.25, 0.3) is 5.91 Å². The number of anilines is 3. The summed E-state index contributed by atoms with van der Waals surface area (Å²) in [6.45, 7) is 5.91. The highest BCUT2D eigenvalue weighted by Crippen LogP contribution is 2.25. The normalized spacial score (nSPS) is 11.2. The number of alkyl carbamates (subject to hydrolysis) is 1. The Balaban J connectivity index is 1.19. The van der Waals surface area contributed by atoms with Gasteiger partial charge in [-0.2, -0.15) is 5.10 Å². The van der Waals surface area contributed by atoms with Crippen molar-refractivity contribution in [2.45, 2.75) is 32.8 Å². The molecule has 0 bridgehead atoms. The van der Waals surface area contributed by atoms with E-state index in [2.05, 4.69) is 37.0 Å². The second-order valence-electron chi connectivity index (χ2n) is 10.7. The predicted molar refractivity (Wildman–Crippen MR) is 168 cm³/mol. The molecule has 0 atom stereocenters. The minimum Gasteiger partial charge on any atom is -0.444 e. The number of rotatable bonds is 8. The van der Waals surface area contributed by atoms with Crippen molar-refractivity contribution in [1.82, 2.24) is 19.9 Å². The van der Waals surface area contributed by atoms with E-state index in [4.69, 9.17) is 9.72 Å². The fourth-order valence-corrected chi connectivity index (χ4v) is 4.46. The van der Waals surface area contributed by atoms with Gasteiger partial charge >= 0.3 is 6.09 Å². The number of hydrogen-bond donors (Lipinski definition) is 3. The number of nitrogens with zero attached hydrogens (tertiary/aromatic N) is 3. The monoisotopic (exact) mass is 626 g/mol. The molecule has 42 heavy (non-hydrogen) atoms. The Morgan fingerprint density at radius 3 is 2.29 bits per heavy atom. The number of carbonyl (C=O) groups is 2. The Kier molecular flexibility index (Phi) is 8.53. The van der Waals surface area contributed by atoms with Crippen LogP contribution in [0.25, 0.3) is 16.8 Å². The molecule has 3 aromatic carbocycles. The summed E-state index contributed by atoms with van der Waals surface area (Å²) in [6, 6.07) is 26.6. The van der Waals surface area contributed by atoms with Gasteiger partial charge in [-0.3, -0.25) is 4.79 Å². The van der Waals surface area contributed by atoms with Crippen molar-refractivity contribution in [2.24, 2.45) is 0 Å². The smallest absolute Gasteiger partial charge is 0.407 e. The molecule has 0 fully saturated rings. The molecule has 0 aliphatic rings. The van der Waals surface area contributed by atoms with Crippen LogP contribution in [-0.2, 0) is 11.2 Å². The number of aromatic nitrogens is 3. The lowest BCUT2D eigenvalue weighted by atomic mass is 10.1. The molecule has 2 heterocycles. The van der Waals surface area contributed by atoms with Gasteiger partial charge in [-0.15, -0.1) is 0 Å². The number of ether oxygens (including phenoxy) is 1. The summed E-state index contributed by atoms with van der Waals surface area (Å²) in [7, 11) is 0. The van der Waals surface area contributed by atoms with Crippen LogP contribution in [0.3, 0.4) is 0 Å². The van der Waals surface area contributed by atoms with Crippen molar-refractivity contribution < 1.29 is 14.3 Å². The predicted octanol–water partition coefficient (Wildman–Crippen LogP) is 7.22. The third kappa shape index (κ3) is 7.52. The molecule has 0 saturated carbocycles. The highest BCUT2D eigenvalue weighted by atomic mass is 79.9. The van der Waals surface area contributed by atoms with E-state index in [-0.39, 0.29) is 5.91 Å². The molecular weight excluding hydrogens is 596 g/mol. The molecule has 2 amide bonds. The van der Waals surface area contributed by atoms with Crippen molar-refractivity contribution in [1.29, 1.82) is 0 Å². The molecule has 0 unspecified atom stereocenters. The maximum atomic E-state index is 12.8. The van der Waals surface area contributed by atoms with E-state index in [0.717, 1.165) is 32.5 Å². The molecule has 0 radical (unpaired) electrons. The maximum Gasteiger partial charge on any atom is 0.407 e. The maximum absolute atomic E-state index is 12.8. The number of halogens is 1. The fraction of sp³-hybridized carbons (Fsp3) is 0.188. The number of fused-ring (bicyclic) bond motifs is 1. The summed E-state index contributed by atoms with van der Waals surface area (Å²) in [5.74, 6) is 0.366. The lowest BCUT2D eigenvalue weighted by Crippen LogP contribution is -2.33. The Labute approximate surface area is 252 Å². The van der Waals surface area contributed by atoms with Gasteiger partial charge in [-0.1, -0.05) is 40.2 Å². The molecule has 3 N–H and O–H groups in total. The van der Waals surface area contributed by atoms with Crippen molar-refractivity contribution in [3.8, 4) is 11.3 Å². The van der Waals surface area contributed by atoms with Gasteiger partial charge in [-0.05, 0) is 93.4 Å². The first-order chi connectivity index (χ1) is 20.1. The van der Waals surface area contributed by atoms with Gasteiger partial charge in [0.2, 0.25) is 5.95 Å². The van der Waals surface area contributed by atoms with Crippen LogP contribution in [0.4, 0.5) is 22.1 Å². The molecule has 5 aromatic rings. The first-order valence-corrected chi connectivity index (χ1v) is 14.3. The summed E-state index contributed by atoms with van der Waals surface area (Å²) in [5, 5.41) is 13.4. The summed E-state index contributed by atoms with van der Waals surface area (Å²) >= 11 is 3.48. The Morgan fingerprint density at radius 1 is 0.905 bits per heavy atom. The molecule has 5 rings (SSSR count). The van der Waals surface area contributed by atoms with Crippen LogP contribution in [0.5, 0.6) is 0 Å². The third-order valence-corrected chi connectivity index (χ3v) is 6.75. The summed E-state index contributed by atoms with van der Waals surface area (Å²) in [6.07, 6.45) is 1.92. The molecule has 10 heteroatoms. The van der Waals surface area contributed by atoms with Gasteiger partial charge in [0.05, 0.1) is 17.4 Å². The SMILES string of the molecule is CC(C)(C)OC(=O)NCCc1ccc(C(=O)Nc2ccc(Nc3nc(-c4ccc(Br)cc4)cc4ccnn34)cc2)cc1. The van der Waals surface area contributed by atoms with Gasteiger partial charge in [0, 0.05) is 33.5 Å². The lowest BCUT2D eigenvalue weighted by Gasteiger charge is -2.19. The highest BCUT2D eigenvalue weighted by Gasteiger charge is 2.15. The summed E-state index contributed by atoms with van der Waals surface area (Å²) in [4.78, 5) is 29.4. The average molecular weight is 628 g/mol. The minimum atomic E-state index is -0.535. The van der Waals surface area contributed by atoms with E-state index in [1.54, 1.807) is 22.8 Å². The zero-order valence-corrected chi connectivity index (χ0v) is 25.1. The first kappa shape index (κ1) is 28.8. The van der Waals surface area contributed by atoms with Gasteiger partial charge in [0.1, 0.15) is 5.60 Å². The van der Waals surface area contributed by atoms with Crippen LogP contribution in [0.2, 0.25) is 0 Å². The van der Waals surface area contributed by atoms with Crippen molar-refractivity contribution in [2.75, 3.05) is 17.2 Å². The van der Waals surface area contributed by atoms with Crippen molar-refractivity contribution in [3.63, 3.8) is 0 Å².